The molecule has 2 saturated heterocycles. The van der Waals surface area contributed by atoms with E-state index in [4.69, 9.17) is 5.73 Å². The topological polar surface area (TPSA) is 83.7 Å². The van der Waals surface area contributed by atoms with E-state index in [0.29, 0.717) is 0 Å². The molecule has 0 radical (unpaired) electrons. The number of primary amides is 1. The van der Waals surface area contributed by atoms with Crippen LogP contribution in [-0.4, -0.2) is 39.6 Å². The molecule has 3 amide bonds. The summed E-state index contributed by atoms with van der Waals surface area (Å²) in [5.74, 6) is -2.09. The van der Waals surface area contributed by atoms with Crippen molar-refractivity contribution in [2.75, 3.05) is 0 Å². The van der Waals surface area contributed by atoms with E-state index in [2.05, 4.69) is 0 Å². The molecule has 3 aliphatic heterocycles. The molecule has 1 aliphatic carbocycles. The smallest absolute Gasteiger partial charge is 0.240 e. The van der Waals surface area contributed by atoms with Crippen LogP contribution in [0.25, 0.3) is 6.08 Å². The number of nitrogens with two attached hydrogens (primary N) is 1. The summed E-state index contributed by atoms with van der Waals surface area (Å²) < 4.78 is 0. The Bertz CT molecular complexity index is 858. The van der Waals surface area contributed by atoms with E-state index >= 15 is 0 Å². The van der Waals surface area contributed by atoms with Crippen molar-refractivity contribution in [2.24, 2.45) is 17.6 Å². The molecule has 0 bridgehead atoms. The largest absolute Gasteiger partial charge is 0.368 e. The fourth-order valence-corrected chi connectivity index (χ4v) is 5.60. The summed E-state index contributed by atoms with van der Waals surface area (Å²) in [7, 11) is 0. The average molecular weight is 365 g/mol. The van der Waals surface area contributed by atoms with Gasteiger partial charge in [0.1, 0.15) is 6.04 Å². The van der Waals surface area contributed by atoms with Gasteiger partial charge in [0, 0.05) is 12.2 Å². The summed E-state index contributed by atoms with van der Waals surface area (Å²) in [6.07, 6.45) is 8.71. The maximum Gasteiger partial charge on any atom is 0.240 e. The van der Waals surface area contributed by atoms with Gasteiger partial charge in [-0.25, -0.2) is 0 Å². The molecule has 3 fully saturated rings. The fourth-order valence-electron chi connectivity index (χ4n) is 5.60. The lowest BCUT2D eigenvalue weighted by Crippen LogP contribution is -2.49. The van der Waals surface area contributed by atoms with Gasteiger partial charge in [0.2, 0.25) is 17.7 Å². The van der Waals surface area contributed by atoms with E-state index in [1.54, 1.807) is 0 Å². The fraction of sp³-hybridized carbons (Fsp3) is 0.476. The van der Waals surface area contributed by atoms with Gasteiger partial charge in [0.15, 0.2) is 0 Å². The van der Waals surface area contributed by atoms with Crippen molar-refractivity contribution in [3.63, 3.8) is 0 Å². The lowest BCUT2D eigenvalue weighted by atomic mass is 9.84. The van der Waals surface area contributed by atoms with Gasteiger partial charge in [0.25, 0.3) is 0 Å². The Hall–Kier alpha value is -2.63. The minimum Gasteiger partial charge on any atom is -0.368 e. The number of carbonyl (C=O) groups is 3. The molecule has 1 aromatic rings. The number of carbonyl (C=O) groups excluding carboxylic acids is 3. The number of benzene rings is 1. The quantitative estimate of drug-likeness (QED) is 0.810. The third-order valence-electron chi connectivity index (χ3n) is 6.73. The maximum atomic E-state index is 13.4. The Labute approximate surface area is 158 Å². The molecule has 6 nitrogen and oxygen atoms in total. The van der Waals surface area contributed by atoms with Gasteiger partial charge in [-0.2, -0.15) is 0 Å². The molecule has 0 spiro atoms. The molecule has 140 valence electrons. The van der Waals surface area contributed by atoms with E-state index in [1.807, 2.05) is 41.4 Å². The van der Waals surface area contributed by atoms with Crippen LogP contribution in [-0.2, 0) is 14.4 Å². The second kappa shape index (κ2) is 5.94. The Morgan fingerprint density at radius 3 is 2.44 bits per heavy atom. The summed E-state index contributed by atoms with van der Waals surface area (Å²) in [4.78, 5) is 42.4. The minimum absolute atomic E-state index is 0.0271. The zero-order chi connectivity index (χ0) is 18.7. The summed E-state index contributed by atoms with van der Waals surface area (Å²) in [6, 6.07) is 6.76. The zero-order valence-electron chi connectivity index (χ0n) is 15.1. The first-order chi connectivity index (χ1) is 13.1. The summed E-state index contributed by atoms with van der Waals surface area (Å²) in [5.41, 5.74) is 7.73. The highest BCUT2D eigenvalue weighted by Crippen LogP contribution is 2.53. The van der Waals surface area contributed by atoms with Crippen LogP contribution in [0.3, 0.4) is 0 Å². The van der Waals surface area contributed by atoms with Gasteiger partial charge >= 0.3 is 0 Å². The van der Waals surface area contributed by atoms with Gasteiger partial charge in [-0.1, -0.05) is 43.5 Å². The van der Waals surface area contributed by atoms with Crippen LogP contribution < -0.4 is 5.73 Å². The Morgan fingerprint density at radius 1 is 1.00 bits per heavy atom. The van der Waals surface area contributed by atoms with Crippen molar-refractivity contribution in [3.8, 4) is 0 Å². The second-order valence-electron chi connectivity index (χ2n) is 8.07. The average Bonchev–Trinajstić information content (AvgIpc) is 3.16. The summed E-state index contributed by atoms with van der Waals surface area (Å²) >= 11 is 0. The van der Waals surface area contributed by atoms with Crippen LogP contribution in [0.1, 0.15) is 49.3 Å². The molecule has 2 N–H and O–H groups in total. The predicted molar refractivity (Wildman–Crippen MR) is 98.7 cm³/mol. The minimum atomic E-state index is -0.769. The third-order valence-corrected chi connectivity index (χ3v) is 6.73. The van der Waals surface area contributed by atoms with Crippen molar-refractivity contribution < 1.29 is 14.4 Å². The van der Waals surface area contributed by atoms with Crippen molar-refractivity contribution in [1.29, 1.82) is 0 Å². The number of likely N-dealkylation sites (tertiary alicyclic amines) is 1. The van der Waals surface area contributed by atoms with Gasteiger partial charge < -0.3 is 10.6 Å². The first-order valence-electron chi connectivity index (χ1n) is 9.80. The van der Waals surface area contributed by atoms with Gasteiger partial charge in [-0.15, -0.1) is 0 Å². The van der Waals surface area contributed by atoms with E-state index in [-0.39, 0.29) is 23.9 Å². The number of nitrogens with zero attached hydrogens (tertiary/aromatic N) is 2. The molecule has 1 saturated carbocycles. The van der Waals surface area contributed by atoms with Gasteiger partial charge in [0.05, 0.1) is 17.9 Å². The van der Waals surface area contributed by atoms with Crippen LogP contribution in [0.15, 0.2) is 30.5 Å². The van der Waals surface area contributed by atoms with Crippen LogP contribution in [0.4, 0.5) is 0 Å². The number of fused-ring (bicyclic) bond motifs is 5. The van der Waals surface area contributed by atoms with Crippen molar-refractivity contribution >= 4 is 23.8 Å². The lowest BCUT2D eigenvalue weighted by Gasteiger charge is -2.36. The van der Waals surface area contributed by atoms with Crippen LogP contribution in [0.5, 0.6) is 0 Å². The van der Waals surface area contributed by atoms with E-state index in [9.17, 15) is 14.4 Å². The normalized spacial score (nSPS) is 32.4. The Morgan fingerprint density at radius 2 is 1.70 bits per heavy atom. The number of amides is 3. The SMILES string of the molecule is NC(=O)[C@@H]1[C@@H]2C(=O)N(C3CCCCC3)C(=O)[C@@H]2[C@@H]2c3ccccc3C=CN12. The lowest BCUT2D eigenvalue weighted by molar-refractivity contribution is -0.146. The highest BCUT2D eigenvalue weighted by molar-refractivity contribution is 6.09. The molecular weight excluding hydrogens is 342 g/mol. The maximum absolute atomic E-state index is 13.4. The Kier molecular flexibility index (Phi) is 3.64. The summed E-state index contributed by atoms with van der Waals surface area (Å²) in [6.45, 7) is 0. The zero-order valence-corrected chi connectivity index (χ0v) is 15.1. The molecule has 4 atom stereocenters. The van der Waals surface area contributed by atoms with Crippen LogP contribution in [0.2, 0.25) is 0 Å². The second-order valence-corrected chi connectivity index (χ2v) is 8.07. The van der Waals surface area contributed by atoms with Crippen LogP contribution >= 0.6 is 0 Å². The molecule has 0 aromatic heterocycles. The van der Waals surface area contributed by atoms with Crippen LogP contribution in [0, 0.1) is 11.8 Å². The Balaban J connectivity index is 1.60. The molecule has 3 heterocycles. The number of imide groups is 1. The molecule has 4 aliphatic rings. The van der Waals surface area contributed by atoms with Crippen molar-refractivity contribution in [2.45, 2.75) is 50.2 Å². The predicted octanol–water partition coefficient (Wildman–Crippen LogP) is 1.82. The van der Waals surface area contributed by atoms with Crippen molar-refractivity contribution in [3.05, 3.63) is 41.6 Å². The standard InChI is InChI=1S/C21H23N3O3/c22-19(25)18-16-15(17-14-9-5-4-6-12(14)10-11-23(17)18)20(26)24(21(16)27)13-7-2-1-3-8-13/h4-6,9-11,13,15-18H,1-3,7-8H2,(H2,22,25)/t15-,16+,17-,18-/m0/s1. The monoisotopic (exact) mass is 365 g/mol. The summed E-state index contributed by atoms with van der Waals surface area (Å²) in [5, 5.41) is 0. The molecule has 0 unspecified atom stereocenters. The first-order valence-corrected chi connectivity index (χ1v) is 9.80. The number of rotatable bonds is 2. The van der Waals surface area contributed by atoms with Gasteiger partial charge in [-0.05, 0) is 30.0 Å². The molecule has 27 heavy (non-hydrogen) atoms. The highest BCUT2D eigenvalue weighted by atomic mass is 16.2. The number of hydrogen-bond acceptors (Lipinski definition) is 4. The van der Waals surface area contributed by atoms with E-state index < -0.39 is 23.8 Å². The third kappa shape index (κ3) is 2.22. The molecular formula is C21H23N3O3. The number of hydrogen-bond donors (Lipinski definition) is 1. The highest BCUT2D eigenvalue weighted by Gasteiger charge is 2.64. The van der Waals surface area contributed by atoms with E-state index in [0.717, 1.165) is 43.2 Å². The molecule has 6 heteroatoms. The first kappa shape index (κ1) is 16.5. The van der Waals surface area contributed by atoms with E-state index in [1.165, 1.54) is 4.90 Å². The van der Waals surface area contributed by atoms with Crippen molar-refractivity contribution in [1.82, 2.24) is 9.80 Å². The molecule has 1 aromatic carbocycles. The van der Waals surface area contributed by atoms with Gasteiger partial charge in [-0.3, -0.25) is 19.3 Å². The molecule has 5 rings (SSSR count).